The number of imidazole rings is 1. The zero-order valence-electron chi connectivity index (χ0n) is 20.9. The van der Waals surface area contributed by atoms with Gasteiger partial charge in [-0.15, -0.1) is 0 Å². The fourth-order valence-corrected chi connectivity index (χ4v) is 4.79. The minimum atomic E-state index is 0.0000885. The minimum absolute atomic E-state index is 0.0000885. The number of nitrogens with zero attached hydrogens (tertiary/aromatic N) is 2. The highest BCUT2D eigenvalue weighted by molar-refractivity contribution is 6.30. The number of ether oxygens (including phenoxy) is 1. The molecule has 1 amide bonds. The highest BCUT2D eigenvalue weighted by Gasteiger charge is 2.17. The second-order valence-electron chi connectivity index (χ2n) is 9.01. The van der Waals surface area contributed by atoms with Crippen LogP contribution < -0.4 is 10.1 Å². The average Bonchev–Trinajstić information content (AvgIpc) is 3.29. The SMILES string of the molecule is COc1cccc(-c2nc3ccc(-c4ccc(Cl)cc4C)cn3c2CCC(=O)NCc2ccccc2)c1. The van der Waals surface area contributed by atoms with Crippen molar-refractivity contribution in [3.8, 4) is 28.1 Å². The summed E-state index contributed by atoms with van der Waals surface area (Å²) in [6.45, 7) is 2.56. The lowest BCUT2D eigenvalue weighted by Crippen LogP contribution is -2.23. The van der Waals surface area contributed by atoms with E-state index >= 15 is 0 Å². The van der Waals surface area contributed by atoms with Crippen LogP contribution in [-0.4, -0.2) is 22.4 Å². The number of fused-ring (bicyclic) bond motifs is 1. The first-order chi connectivity index (χ1) is 18.0. The Bertz CT molecular complexity index is 1560. The van der Waals surface area contributed by atoms with Crippen LogP contribution in [-0.2, 0) is 17.8 Å². The van der Waals surface area contributed by atoms with E-state index < -0.39 is 0 Å². The zero-order valence-corrected chi connectivity index (χ0v) is 21.6. The molecule has 0 unspecified atom stereocenters. The Kier molecular flexibility index (Phi) is 7.24. The number of aryl methyl sites for hydroxylation is 2. The van der Waals surface area contributed by atoms with Gasteiger partial charge in [0.25, 0.3) is 0 Å². The molecule has 0 saturated heterocycles. The van der Waals surface area contributed by atoms with Crippen molar-refractivity contribution in [3.63, 3.8) is 0 Å². The van der Waals surface area contributed by atoms with Crippen molar-refractivity contribution in [1.82, 2.24) is 14.7 Å². The third-order valence-corrected chi connectivity index (χ3v) is 6.72. The topological polar surface area (TPSA) is 55.6 Å². The van der Waals surface area contributed by atoms with Gasteiger partial charge in [-0.05, 0) is 72.0 Å². The Morgan fingerprint density at radius 1 is 0.973 bits per heavy atom. The fraction of sp³-hybridized carbons (Fsp3) is 0.161. The normalized spacial score (nSPS) is 11.0. The number of carbonyl (C=O) groups excluding carboxylic acids is 1. The van der Waals surface area contributed by atoms with Crippen LogP contribution in [0, 0.1) is 6.92 Å². The van der Waals surface area contributed by atoms with Gasteiger partial charge in [0, 0.05) is 29.7 Å². The van der Waals surface area contributed by atoms with Crippen molar-refractivity contribution in [2.45, 2.75) is 26.3 Å². The van der Waals surface area contributed by atoms with Crippen molar-refractivity contribution >= 4 is 23.2 Å². The summed E-state index contributed by atoms with van der Waals surface area (Å²) < 4.78 is 7.55. The molecule has 0 spiro atoms. The molecule has 5 rings (SSSR count). The van der Waals surface area contributed by atoms with Crippen LogP contribution in [0.5, 0.6) is 5.75 Å². The summed E-state index contributed by atoms with van der Waals surface area (Å²) in [6, 6.07) is 27.8. The maximum Gasteiger partial charge on any atom is 0.220 e. The van der Waals surface area contributed by atoms with Gasteiger partial charge >= 0.3 is 0 Å². The number of amides is 1. The average molecular weight is 510 g/mol. The van der Waals surface area contributed by atoms with Crippen LogP contribution in [0.1, 0.15) is 23.2 Å². The van der Waals surface area contributed by atoms with Gasteiger partial charge in [0.15, 0.2) is 0 Å². The number of rotatable bonds is 8. The molecule has 2 heterocycles. The molecule has 5 nitrogen and oxygen atoms in total. The minimum Gasteiger partial charge on any atom is -0.497 e. The zero-order chi connectivity index (χ0) is 25.8. The lowest BCUT2D eigenvalue weighted by Gasteiger charge is -2.10. The molecule has 0 saturated carbocycles. The summed E-state index contributed by atoms with van der Waals surface area (Å²) in [5.41, 5.74) is 7.94. The van der Waals surface area contributed by atoms with Gasteiger partial charge in [0.2, 0.25) is 5.91 Å². The second-order valence-corrected chi connectivity index (χ2v) is 9.44. The number of aromatic nitrogens is 2. The number of pyridine rings is 1. The molecule has 1 N–H and O–H groups in total. The molecule has 37 heavy (non-hydrogen) atoms. The number of halogens is 1. The third-order valence-electron chi connectivity index (χ3n) is 6.48. The Morgan fingerprint density at radius 2 is 1.81 bits per heavy atom. The van der Waals surface area contributed by atoms with Crippen LogP contribution in [0.2, 0.25) is 5.02 Å². The first kappa shape index (κ1) is 24.6. The van der Waals surface area contributed by atoms with Crippen LogP contribution >= 0.6 is 11.6 Å². The summed E-state index contributed by atoms with van der Waals surface area (Å²) in [7, 11) is 1.65. The number of carbonyl (C=O) groups is 1. The van der Waals surface area contributed by atoms with E-state index in [0.717, 1.165) is 50.6 Å². The maximum atomic E-state index is 12.8. The molecule has 0 atom stereocenters. The summed E-state index contributed by atoms with van der Waals surface area (Å²) in [5, 5.41) is 3.75. The second kappa shape index (κ2) is 10.9. The monoisotopic (exact) mass is 509 g/mol. The van der Waals surface area contributed by atoms with Gasteiger partial charge < -0.3 is 14.5 Å². The molecular formula is C31H28ClN3O2. The standard InChI is InChI=1S/C31H28ClN3O2/c1-21-17-25(32)12-13-27(21)24-11-15-29-34-31(23-9-6-10-26(18-23)37-2)28(35(29)20-24)14-16-30(36)33-19-22-7-4-3-5-8-22/h3-13,15,17-18,20H,14,16,19H2,1-2H3,(H,33,36). The van der Waals surface area contributed by atoms with E-state index in [0.29, 0.717) is 24.4 Å². The van der Waals surface area contributed by atoms with Gasteiger partial charge in [-0.3, -0.25) is 4.79 Å². The summed E-state index contributed by atoms with van der Waals surface area (Å²) >= 11 is 6.19. The Hall–Kier alpha value is -4.09. The van der Waals surface area contributed by atoms with E-state index in [2.05, 4.69) is 28.9 Å². The van der Waals surface area contributed by atoms with Crippen molar-refractivity contribution in [3.05, 3.63) is 113 Å². The predicted molar refractivity (Wildman–Crippen MR) is 149 cm³/mol. The smallest absolute Gasteiger partial charge is 0.220 e. The number of hydrogen-bond acceptors (Lipinski definition) is 3. The van der Waals surface area contributed by atoms with E-state index in [4.69, 9.17) is 21.3 Å². The van der Waals surface area contributed by atoms with Crippen LogP contribution in [0.25, 0.3) is 28.0 Å². The Balaban J connectivity index is 1.50. The van der Waals surface area contributed by atoms with Crippen LogP contribution in [0.4, 0.5) is 0 Å². The van der Waals surface area contributed by atoms with E-state index in [9.17, 15) is 4.79 Å². The summed E-state index contributed by atoms with van der Waals surface area (Å²) in [6.07, 6.45) is 2.98. The molecule has 0 aliphatic carbocycles. The van der Waals surface area contributed by atoms with Crippen LogP contribution in [0.15, 0.2) is 91.1 Å². The lowest BCUT2D eigenvalue weighted by molar-refractivity contribution is -0.121. The summed E-state index contributed by atoms with van der Waals surface area (Å²) in [5.74, 6) is 0.763. The number of benzene rings is 3. The molecular weight excluding hydrogens is 482 g/mol. The maximum absolute atomic E-state index is 12.8. The first-order valence-corrected chi connectivity index (χ1v) is 12.6. The molecule has 0 fully saturated rings. The van der Waals surface area contributed by atoms with Gasteiger partial charge in [-0.2, -0.15) is 0 Å². The molecule has 0 aliphatic heterocycles. The van der Waals surface area contributed by atoms with Gasteiger partial charge in [-0.1, -0.05) is 60.1 Å². The van der Waals surface area contributed by atoms with E-state index in [1.54, 1.807) is 7.11 Å². The predicted octanol–water partition coefficient (Wildman–Crippen LogP) is 6.89. The Morgan fingerprint density at radius 3 is 2.59 bits per heavy atom. The fourth-order valence-electron chi connectivity index (χ4n) is 4.56. The molecule has 186 valence electrons. The molecule has 2 aromatic heterocycles. The quantitative estimate of drug-likeness (QED) is 0.248. The van der Waals surface area contributed by atoms with Crippen molar-refractivity contribution in [2.75, 3.05) is 7.11 Å². The van der Waals surface area contributed by atoms with Crippen molar-refractivity contribution in [2.24, 2.45) is 0 Å². The summed E-state index contributed by atoms with van der Waals surface area (Å²) in [4.78, 5) is 17.7. The Labute approximate surface area is 221 Å². The largest absolute Gasteiger partial charge is 0.497 e. The highest BCUT2D eigenvalue weighted by Crippen LogP contribution is 2.31. The third kappa shape index (κ3) is 5.52. The lowest BCUT2D eigenvalue weighted by atomic mass is 10.0. The van der Waals surface area contributed by atoms with E-state index in [-0.39, 0.29) is 5.91 Å². The van der Waals surface area contributed by atoms with Crippen molar-refractivity contribution in [1.29, 1.82) is 0 Å². The number of hydrogen-bond donors (Lipinski definition) is 1. The molecule has 3 aromatic carbocycles. The van der Waals surface area contributed by atoms with Crippen molar-refractivity contribution < 1.29 is 9.53 Å². The van der Waals surface area contributed by atoms with Crippen LogP contribution in [0.3, 0.4) is 0 Å². The van der Waals surface area contributed by atoms with E-state index in [1.807, 2.05) is 78.9 Å². The van der Waals surface area contributed by atoms with E-state index in [1.165, 1.54) is 0 Å². The van der Waals surface area contributed by atoms with Gasteiger partial charge in [-0.25, -0.2) is 4.98 Å². The number of methoxy groups -OCH3 is 1. The molecule has 5 aromatic rings. The molecule has 6 heteroatoms. The van der Waals surface area contributed by atoms with Gasteiger partial charge in [0.1, 0.15) is 11.4 Å². The highest BCUT2D eigenvalue weighted by atomic mass is 35.5. The molecule has 0 bridgehead atoms. The molecule has 0 radical (unpaired) electrons. The first-order valence-electron chi connectivity index (χ1n) is 12.2. The number of nitrogens with one attached hydrogen (secondary N) is 1. The van der Waals surface area contributed by atoms with Gasteiger partial charge in [0.05, 0.1) is 18.5 Å². The molecule has 0 aliphatic rings.